The number of likely N-dealkylation sites (tertiary alicyclic amines) is 1. The monoisotopic (exact) mass is 324 g/mol. The van der Waals surface area contributed by atoms with Crippen molar-refractivity contribution in [3.05, 3.63) is 42.1 Å². The number of hydrogen-bond donors (Lipinski definition) is 0. The van der Waals surface area contributed by atoms with Gasteiger partial charge in [0.05, 0.1) is 12.6 Å². The summed E-state index contributed by atoms with van der Waals surface area (Å²) in [5.74, 6) is 0.545. The van der Waals surface area contributed by atoms with E-state index in [0.717, 1.165) is 23.9 Å². The van der Waals surface area contributed by atoms with E-state index in [1.807, 2.05) is 12.3 Å². The Bertz CT molecular complexity index is 740. The fraction of sp³-hybridized carbons (Fsp3) is 0.500. The predicted molar refractivity (Wildman–Crippen MR) is 93.5 cm³/mol. The molecule has 4 nitrogen and oxygen atoms in total. The van der Waals surface area contributed by atoms with Crippen LogP contribution < -0.4 is 0 Å². The summed E-state index contributed by atoms with van der Waals surface area (Å²) in [5.41, 5.74) is 2.25. The minimum absolute atomic E-state index is 0.0856. The Kier molecular flexibility index (Phi) is 4.23. The lowest BCUT2D eigenvalue weighted by atomic mass is 9.84. The van der Waals surface area contributed by atoms with E-state index in [9.17, 15) is 4.79 Å². The molecule has 4 rings (SSSR count). The maximum Gasteiger partial charge on any atom is 0.323 e. The summed E-state index contributed by atoms with van der Waals surface area (Å²) in [6.45, 7) is 0.773. The number of pyridine rings is 1. The highest BCUT2D eigenvalue weighted by molar-refractivity contribution is 5.81. The number of carbonyl (C=O) groups is 1. The lowest BCUT2D eigenvalue weighted by molar-refractivity contribution is -0.146. The first kappa shape index (κ1) is 15.6. The van der Waals surface area contributed by atoms with Gasteiger partial charge >= 0.3 is 5.97 Å². The average Bonchev–Trinajstić information content (AvgIpc) is 3.00. The Morgan fingerprint density at radius 2 is 2.08 bits per heavy atom. The summed E-state index contributed by atoms with van der Waals surface area (Å²) < 4.78 is 5.10. The quantitative estimate of drug-likeness (QED) is 0.810. The van der Waals surface area contributed by atoms with Gasteiger partial charge in [0.1, 0.15) is 6.04 Å². The number of rotatable bonds is 3. The standard InChI is InChI=1S/C20H24N2O2/c1-24-20(23)18-12-15-6-2-3-10-17(15)22(18)13-16-8-4-7-14-9-5-11-21-19(14)16/h4-5,7-9,11,15,17-18H,2-3,6,10,12-13H2,1H3/t15-,17+,18-/m0/s1. The van der Waals surface area contributed by atoms with Crippen LogP contribution >= 0.6 is 0 Å². The molecule has 0 radical (unpaired) electrons. The average molecular weight is 324 g/mol. The number of para-hydroxylation sites is 1. The van der Waals surface area contributed by atoms with Crippen molar-refractivity contribution < 1.29 is 9.53 Å². The first-order valence-corrected chi connectivity index (χ1v) is 8.94. The molecule has 24 heavy (non-hydrogen) atoms. The van der Waals surface area contributed by atoms with Crippen LogP contribution in [-0.2, 0) is 16.1 Å². The van der Waals surface area contributed by atoms with Gasteiger partial charge in [-0.25, -0.2) is 0 Å². The lowest BCUT2D eigenvalue weighted by Crippen LogP contribution is -2.42. The maximum absolute atomic E-state index is 12.3. The number of fused-ring (bicyclic) bond motifs is 2. The first-order chi connectivity index (χ1) is 11.8. The highest BCUT2D eigenvalue weighted by Gasteiger charge is 2.45. The fourth-order valence-electron chi connectivity index (χ4n) is 4.64. The van der Waals surface area contributed by atoms with Crippen LogP contribution in [0, 0.1) is 5.92 Å². The molecular weight excluding hydrogens is 300 g/mol. The predicted octanol–water partition coefficient (Wildman–Crippen LogP) is 3.54. The molecule has 1 saturated carbocycles. The van der Waals surface area contributed by atoms with E-state index in [-0.39, 0.29) is 12.0 Å². The van der Waals surface area contributed by atoms with Crippen LogP contribution in [0.2, 0.25) is 0 Å². The molecule has 2 heterocycles. The summed E-state index contributed by atoms with van der Waals surface area (Å²) >= 11 is 0. The number of esters is 1. The van der Waals surface area contributed by atoms with E-state index < -0.39 is 0 Å². The zero-order chi connectivity index (χ0) is 16.5. The largest absolute Gasteiger partial charge is 0.468 e. The second-order valence-electron chi connectivity index (χ2n) is 7.05. The molecule has 1 saturated heterocycles. The second-order valence-corrected chi connectivity index (χ2v) is 7.05. The van der Waals surface area contributed by atoms with Crippen molar-refractivity contribution in [3.63, 3.8) is 0 Å². The number of ether oxygens (including phenoxy) is 1. The molecule has 2 aliphatic rings. The summed E-state index contributed by atoms with van der Waals surface area (Å²) in [5, 5.41) is 1.16. The normalized spacial score (nSPS) is 27.1. The molecule has 1 aliphatic carbocycles. The van der Waals surface area contributed by atoms with Crippen molar-refractivity contribution >= 4 is 16.9 Å². The summed E-state index contributed by atoms with van der Waals surface area (Å²) in [4.78, 5) is 19.3. The maximum atomic E-state index is 12.3. The molecule has 0 unspecified atom stereocenters. The molecule has 2 aromatic rings. The van der Waals surface area contributed by atoms with Crippen molar-refractivity contribution in [2.75, 3.05) is 7.11 Å². The first-order valence-electron chi connectivity index (χ1n) is 8.94. The Balaban J connectivity index is 1.68. The number of carbonyl (C=O) groups excluding carboxylic acids is 1. The Morgan fingerprint density at radius 1 is 1.25 bits per heavy atom. The zero-order valence-corrected chi connectivity index (χ0v) is 14.1. The van der Waals surface area contributed by atoms with E-state index in [1.165, 1.54) is 38.4 Å². The molecule has 3 atom stereocenters. The second kappa shape index (κ2) is 6.52. The van der Waals surface area contributed by atoms with E-state index >= 15 is 0 Å². The minimum Gasteiger partial charge on any atom is -0.468 e. The summed E-state index contributed by atoms with van der Waals surface area (Å²) in [6, 6.07) is 10.8. The van der Waals surface area contributed by atoms with Gasteiger partial charge in [-0.1, -0.05) is 37.1 Å². The van der Waals surface area contributed by atoms with E-state index in [1.54, 1.807) is 0 Å². The molecule has 2 fully saturated rings. The molecule has 0 amide bonds. The van der Waals surface area contributed by atoms with Crippen LogP contribution in [0.25, 0.3) is 10.9 Å². The lowest BCUT2D eigenvalue weighted by Gasteiger charge is -2.33. The number of benzene rings is 1. The number of methoxy groups -OCH3 is 1. The summed E-state index contributed by atoms with van der Waals surface area (Å²) in [7, 11) is 1.50. The van der Waals surface area contributed by atoms with Crippen LogP contribution in [0.1, 0.15) is 37.7 Å². The topological polar surface area (TPSA) is 42.4 Å². The third-order valence-electron chi connectivity index (χ3n) is 5.76. The Labute approximate surface area is 142 Å². The third kappa shape index (κ3) is 2.69. The van der Waals surface area contributed by atoms with Crippen LogP contribution in [0.4, 0.5) is 0 Å². The number of aromatic nitrogens is 1. The fourth-order valence-corrected chi connectivity index (χ4v) is 4.64. The highest BCUT2D eigenvalue weighted by Crippen LogP contribution is 2.41. The van der Waals surface area contributed by atoms with Gasteiger partial charge in [0, 0.05) is 24.2 Å². The molecule has 1 aromatic heterocycles. The molecule has 0 bridgehead atoms. The van der Waals surface area contributed by atoms with Crippen molar-refractivity contribution in [1.29, 1.82) is 0 Å². The van der Waals surface area contributed by atoms with Crippen LogP contribution in [0.3, 0.4) is 0 Å². The number of nitrogens with zero attached hydrogens (tertiary/aromatic N) is 2. The van der Waals surface area contributed by atoms with E-state index in [4.69, 9.17) is 4.74 Å². The van der Waals surface area contributed by atoms with Crippen molar-refractivity contribution in [2.45, 2.75) is 50.7 Å². The van der Waals surface area contributed by atoms with Gasteiger partial charge in [0.2, 0.25) is 0 Å². The molecule has 126 valence electrons. The van der Waals surface area contributed by atoms with Gasteiger partial charge in [0.25, 0.3) is 0 Å². The van der Waals surface area contributed by atoms with Crippen LogP contribution in [0.15, 0.2) is 36.5 Å². The van der Waals surface area contributed by atoms with Gasteiger partial charge < -0.3 is 4.74 Å². The van der Waals surface area contributed by atoms with Crippen LogP contribution in [-0.4, -0.2) is 35.0 Å². The van der Waals surface area contributed by atoms with E-state index in [2.05, 4.69) is 34.1 Å². The van der Waals surface area contributed by atoms with Crippen molar-refractivity contribution in [1.82, 2.24) is 9.88 Å². The van der Waals surface area contributed by atoms with Gasteiger partial charge in [-0.3, -0.25) is 14.7 Å². The SMILES string of the molecule is COC(=O)[C@@H]1C[C@@H]2CCCC[C@H]2N1Cc1cccc2cccnc12. The van der Waals surface area contributed by atoms with Gasteiger partial charge in [-0.05, 0) is 36.8 Å². The molecule has 4 heteroatoms. The molecule has 0 N–H and O–H groups in total. The zero-order valence-electron chi connectivity index (χ0n) is 14.1. The van der Waals surface area contributed by atoms with Gasteiger partial charge in [-0.15, -0.1) is 0 Å². The van der Waals surface area contributed by atoms with Crippen molar-refractivity contribution in [2.24, 2.45) is 5.92 Å². The molecular formula is C20H24N2O2. The van der Waals surface area contributed by atoms with E-state index in [0.29, 0.717) is 12.0 Å². The van der Waals surface area contributed by atoms with Gasteiger partial charge in [-0.2, -0.15) is 0 Å². The third-order valence-corrected chi connectivity index (χ3v) is 5.76. The Hall–Kier alpha value is -1.94. The van der Waals surface area contributed by atoms with Crippen LogP contribution in [0.5, 0.6) is 0 Å². The summed E-state index contributed by atoms with van der Waals surface area (Å²) in [6.07, 6.45) is 7.77. The molecule has 1 aliphatic heterocycles. The smallest absolute Gasteiger partial charge is 0.323 e. The van der Waals surface area contributed by atoms with Gasteiger partial charge in [0.15, 0.2) is 0 Å². The number of hydrogen-bond acceptors (Lipinski definition) is 4. The highest BCUT2D eigenvalue weighted by atomic mass is 16.5. The molecule has 0 spiro atoms. The van der Waals surface area contributed by atoms with Crippen molar-refractivity contribution in [3.8, 4) is 0 Å². The Morgan fingerprint density at radius 3 is 2.96 bits per heavy atom. The molecule has 1 aromatic carbocycles. The minimum atomic E-state index is -0.109.